The Labute approximate surface area is 268 Å². The highest BCUT2D eigenvalue weighted by Gasteiger charge is 2.77. The minimum absolute atomic E-state index is 0.136. The van der Waals surface area contributed by atoms with E-state index in [1.54, 1.807) is 26.9 Å². The highest BCUT2D eigenvalue weighted by Crippen LogP contribution is 2.61. The molecule has 44 heavy (non-hydrogen) atoms. The topological polar surface area (TPSA) is 103 Å². The predicted molar refractivity (Wildman–Crippen MR) is 171 cm³/mol. The van der Waals surface area contributed by atoms with Crippen molar-refractivity contribution in [2.45, 2.75) is 48.9 Å². The maximum atomic E-state index is 14.7. The molecule has 0 radical (unpaired) electrons. The number of hydrogen-bond acceptors (Lipinski definition) is 7. The number of rotatable bonds is 13. The third-order valence-corrected chi connectivity index (χ3v) is 10.5. The molecule has 2 bridgehead atoms. The number of halogens is 1. The van der Waals surface area contributed by atoms with Crippen LogP contribution in [0.1, 0.15) is 20.3 Å². The summed E-state index contributed by atoms with van der Waals surface area (Å²) in [7, 11) is 0. The van der Waals surface area contributed by atoms with Crippen molar-refractivity contribution in [2.75, 3.05) is 64.0 Å². The summed E-state index contributed by atoms with van der Waals surface area (Å²) in [6.07, 6.45) is 3.17. The number of aliphatic hydroxyl groups excluding tert-OH is 1. The molecule has 240 valence electrons. The van der Waals surface area contributed by atoms with Gasteiger partial charge in [0.1, 0.15) is 11.6 Å². The Balaban J connectivity index is 1.54. The molecule has 5 rings (SSSR count). The van der Waals surface area contributed by atoms with Crippen LogP contribution in [-0.4, -0.2) is 125 Å². The van der Waals surface area contributed by atoms with Crippen molar-refractivity contribution in [1.29, 1.82) is 0 Å². The fourth-order valence-corrected chi connectivity index (χ4v) is 8.50. The molecule has 11 heteroatoms. The third-order valence-electron chi connectivity index (χ3n) is 9.66. The van der Waals surface area contributed by atoms with Gasteiger partial charge in [0.25, 0.3) is 0 Å². The van der Waals surface area contributed by atoms with Gasteiger partial charge in [0.05, 0.1) is 43.8 Å². The molecule has 4 heterocycles. The molecular weight excluding hydrogens is 628 g/mol. The number of anilines is 1. The largest absolute Gasteiger partial charge is 0.394 e. The van der Waals surface area contributed by atoms with Crippen molar-refractivity contribution in [3.63, 3.8) is 0 Å². The maximum Gasteiger partial charge on any atom is 0.248 e. The van der Waals surface area contributed by atoms with Crippen LogP contribution in [0.15, 0.2) is 55.6 Å². The standard InChI is InChI=1S/C33H45BrN4O6/c1-5-12-36(15-14-35-16-18-43-19-17-35)32(42)29-33-20-24(34)28(44-33)26(27(33)31(41)38(29)25(21-39)22(3)4)30(40)37(13-6-2)23-10-8-7-9-11-23/h5-11,22,24-29,39H,1-2,12-21H2,3-4H3/t24?,25-,26-,27-,28-,29?,33?/m0/s1. The Bertz CT molecular complexity index is 1230. The molecule has 1 aromatic carbocycles. The zero-order valence-electron chi connectivity index (χ0n) is 25.7. The van der Waals surface area contributed by atoms with E-state index >= 15 is 0 Å². The predicted octanol–water partition coefficient (Wildman–Crippen LogP) is 2.32. The molecule has 4 aliphatic heterocycles. The lowest BCUT2D eigenvalue weighted by atomic mass is 9.70. The highest BCUT2D eigenvalue weighted by atomic mass is 79.9. The molecule has 0 aliphatic carbocycles. The number of aliphatic hydroxyl groups is 1. The molecule has 4 fully saturated rings. The lowest BCUT2D eigenvalue weighted by molar-refractivity contribution is -0.152. The minimum atomic E-state index is -1.22. The van der Waals surface area contributed by atoms with E-state index in [0.717, 1.165) is 13.1 Å². The van der Waals surface area contributed by atoms with Gasteiger partial charge in [-0.1, -0.05) is 60.1 Å². The number of likely N-dealkylation sites (tertiary alicyclic amines) is 1. The summed E-state index contributed by atoms with van der Waals surface area (Å²) >= 11 is 3.78. The Kier molecular flexibility index (Phi) is 10.3. The number of morpholine rings is 1. The van der Waals surface area contributed by atoms with E-state index in [9.17, 15) is 19.5 Å². The van der Waals surface area contributed by atoms with E-state index in [2.05, 4.69) is 34.0 Å². The van der Waals surface area contributed by atoms with Crippen LogP contribution in [0.25, 0.3) is 0 Å². The van der Waals surface area contributed by atoms with E-state index in [-0.39, 0.29) is 41.6 Å². The summed E-state index contributed by atoms with van der Waals surface area (Å²) in [6.45, 7) is 15.9. The number of nitrogens with zero attached hydrogens (tertiary/aromatic N) is 4. The van der Waals surface area contributed by atoms with Crippen LogP contribution >= 0.6 is 15.9 Å². The number of carbonyl (C=O) groups is 3. The second-order valence-electron chi connectivity index (χ2n) is 12.5. The van der Waals surface area contributed by atoms with Gasteiger partial charge in [0.2, 0.25) is 17.7 Å². The Morgan fingerprint density at radius 3 is 2.43 bits per heavy atom. The molecule has 1 spiro atoms. The molecule has 3 amide bonds. The Morgan fingerprint density at radius 1 is 1.14 bits per heavy atom. The molecular formula is C33H45BrN4O6. The quantitative estimate of drug-likeness (QED) is 0.254. The number of amides is 3. The van der Waals surface area contributed by atoms with Crippen molar-refractivity contribution in [3.05, 3.63) is 55.6 Å². The summed E-state index contributed by atoms with van der Waals surface area (Å²) in [5, 5.41) is 10.6. The minimum Gasteiger partial charge on any atom is -0.394 e. The van der Waals surface area contributed by atoms with E-state index in [1.165, 1.54) is 0 Å². The monoisotopic (exact) mass is 672 g/mol. The van der Waals surface area contributed by atoms with Crippen LogP contribution in [0.2, 0.25) is 0 Å². The third kappa shape index (κ3) is 5.77. The zero-order valence-corrected chi connectivity index (χ0v) is 27.3. The van der Waals surface area contributed by atoms with E-state index in [4.69, 9.17) is 9.47 Å². The van der Waals surface area contributed by atoms with Crippen molar-refractivity contribution in [3.8, 4) is 0 Å². The number of hydrogen-bond donors (Lipinski definition) is 1. The fourth-order valence-electron chi connectivity index (χ4n) is 7.55. The van der Waals surface area contributed by atoms with Gasteiger partial charge in [0, 0.05) is 49.8 Å². The van der Waals surface area contributed by atoms with Gasteiger partial charge in [-0.25, -0.2) is 0 Å². The van der Waals surface area contributed by atoms with Crippen molar-refractivity contribution >= 4 is 39.3 Å². The number of ether oxygens (including phenoxy) is 2. The second-order valence-corrected chi connectivity index (χ2v) is 13.7. The van der Waals surface area contributed by atoms with Crippen molar-refractivity contribution in [1.82, 2.24) is 14.7 Å². The molecule has 10 nitrogen and oxygen atoms in total. The SMILES string of the molecule is C=CCN(CCN1CCOCC1)C(=O)C1N([C@@H](CO)C(C)C)C(=O)[C@@H]2[C@H](C(=O)N(CC=C)c3ccccc3)[C@H]3OC12CC3Br. The molecule has 7 atom stereocenters. The van der Waals surface area contributed by atoms with Crippen LogP contribution in [0, 0.1) is 17.8 Å². The van der Waals surface area contributed by atoms with Crippen LogP contribution < -0.4 is 4.90 Å². The number of carbonyl (C=O) groups excluding carboxylic acids is 3. The van der Waals surface area contributed by atoms with E-state index in [1.807, 2.05) is 44.2 Å². The van der Waals surface area contributed by atoms with Gasteiger partial charge in [-0.15, -0.1) is 13.2 Å². The summed E-state index contributed by atoms with van der Waals surface area (Å²) < 4.78 is 12.2. The van der Waals surface area contributed by atoms with Crippen LogP contribution in [-0.2, 0) is 23.9 Å². The first kappa shape index (κ1) is 32.8. The maximum absolute atomic E-state index is 14.7. The molecule has 3 unspecified atom stereocenters. The first-order valence-corrected chi connectivity index (χ1v) is 16.5. The molecule has 1 aromatic rings. The number of alkyl halides is 1. The average molecular weight is 674 g/mol. The lowest BCUT2D eigenvalue weighted by Gasteiger charge is -2.41. The molecule has 4 saturated heterocycles. The van der Waals surface area contributed by atoms with Gasteiger partial charge in [-0.2, -0.15) is 0 Å². The summed E-state index contributed by atoms with van der Waals surface area (Å²) in [5.74, 6) is -2.60. The number of benzene rings is 1. The van der Waals surface area contributed by atoms with Gasteiger partial charge in [-0.05, 0) is 24.5 Å². The molecule has 4 aliphatic rings. The summed E-state index contributed by atoms with van der Waals surface area (Å²) in [4.78, 5) is 50.8. The van der Waals surface area contributed by atoms with E-state index in [0.29, 0.717) is 45.0 Å². The number of para-hydroxylation sites is 1. The van der Waals surface area contributed by atoms with Gasteiger partial charge >= 0.3 is 0 Å². The Morgan fingerprint density at radius 2 is 1.82 bits per heavy atom. The second kappa shape index (κ2) is 13.8. The summed E-state index contributed by atoms with van der Waals surface area (Å²) in [5.41, 5.74) is -0.518. The van der Waals surface area contributed by atoms with Crippen LogP contribution in [0.4, 0.5) is 5.69 Å². The normalized spacial score (nSPS) is 30.3. The van der Waals surface area contributed by atoms with Crippen molar-refractivity contribution < 1.29 is 29.0 Å². The van der Waals surface area contributed by atoms with Crippen LogP contribution in [0.5, 0.6) is 0 Å². The molecule has 0 saturated carbocycles. The summed E-state index contributed by atoms with van der Waals surface area (Å²) in [6, 6.07) is 7.71. The molecule has 1 N–H and O–H groups in total. The van der Waals surface area contributed by atoms with E-state index < -0.39 is 35.6 Å². The first-order chi connectivity index (χ1) is 21.2. The van der Waals surface area contributed by atoms with Crippen molar-refractivity contribution in [2.24, 2.45) is 17.8 Å². The number of fused-ring (bicyclic) bond motifs is 1. The zero-order chi connectivity index (χ0) is 31.6. The highest BCUT2D eigenvalue weighted by molar-refractivity contribution is 9.09. The van der Waals surface area contributed by atoms with Gasteiger partial charge in [-0.3, -0.25) is 19.3 Å². The lowest BCUT2D eigenvalue weighted by Crippen LogP contribution is -2.60. The fraction of sp³-hybridized carbons (Fsp3) is 0.606. The Hall–Kier alpha value is -2.57. The van der Waals surface area contributed by atoms with Crippen LogP contribution in [0.3, 0.4) is 0 Å². The first-order valence-electron chi connectivity index (χ1n) is 15.6. The smallest absolute Gasteiger partial charge is 0.248 e. The van der Waals surface area contributed by atoms with Gasteiger partial charge in [0.15, 0.2) is 0 Å². The molecule has 0 aromatic heterocycles. The van der Waals surface area contributed by atoms with Gasteiger partial charge < -0.3 is 29.3 Å². The average Bonchev–Trinajstić information content (AvgIpc) is 3.62.